The second-order valence-electron chi connectivity index (χ2n) is 43.9. The molecule has 14 heterocycles. The summed E-state index contributed by atoms with van der Waals surface area (Å²) in [4.78, 5) is 132. The van der Waals surface area contributed by atoms with Gasteiger partial charge in [-0.2, -0.15) is 0 Å². The lowest BCUT2D eigenvalue weighted by Crippen LogP contribution is -2.54. The van der Waals surface area contributed by atoms with Crippen molar-refractivity contribution in [2.75, 3.05) is 91.6 Å². The van der Waals surface area contributed by atoms with Gasteiger partial charge in [0.1, 0.15) is 17.1 Å². The molecular formula is C111H173N21O7. The number of hydrogen-bond acceptors (Lipinski definition) is 21. The predicted octanol–water partition coefficient (Wildman–Crippen LogP) is 16.4. The minimum absolute atomic E-state index is 0.00361. The van der Waals surface area contributed by atoms with Crippen LogP contribution < -0.4 is 37.2 Å². The Labute approximate surface area is 833 Å². The van der Waals surface area contributed by atoms with Crippen LogP contribution in [-0.4, -0.2) is 283 Å². The van der Waals surface area contributed by atoms with Gasteiger partial charge < -0.3 is 71.5 Å². The van der Waals surface area contributed by atoms with Gasteiger partial charge in [-0.1, -0.05) is 12.1 Å². The van der Waals surface area contributed by atoms with Crippen LogP contribution in [0.15, 0.2) is 135 Å². The van der Waals surface area contributed by atoms with Crippen LogP contribution >= 0.6 is 0 Å². The Hall–Kier alpha value is -9.94. The first kappa shape index (κ1) is 114. The zero-order chi connectivity index (χ0) is 102. The van der Waals surface area contributed by atoms with Gasteiger partial charge in [0.05, 0.1) is 22.3 Å². The zero-order valence-corrected chi connectivity index (χ0v) is 89.7. The summed E-state index contributed by atoms with van der Waals surface area (Å²) in [5.41, 5.74) is 9.12. The molecule has 7 amide bonds. The number of hydrogen-bond donors (Lipinski definition) is 7. The Bertz CT molecular complexity index is 4700. The Morgan fingerprint density at radius 2 is 0.612 bits per heavy atom. The maximum absolute atomic E-state index is 12.4. The number of pyridine rings is 7. The van der Waals surface area contributed by atoms with Crippen LogP contribution in [0.4, 0.5) is 0 Å². The van der Waals surface area contributed by atoms with E-state index in [2.05, 4.69) is 252 Å². The maximum Gasteiger partial charge on any atom is 0.270 e. The normalized spacial score (nSPS) is 19.1. The molecule has 7 aliphatic rings. The van der Waals surface area contributed by atoms with Gasteiger partial charge in [0.15, 0.2) is 0 Å². The molecule has 0 spiro atoms. The molecule has 7 aromatic rings. The molecule has 7 aromatic heterocycles. The third-order valence-corrected chi connectivity index (χ3v) is 29.4. The number of likely N-dealkylation sites (tertiary alicyclic amines) is 7. The molecule has 28 heteroatoms. The van der Waals surface area contributed by atoms with E-state index < -0.39 is 0 Å². The Morgan fingerprint density at radius 1 is 0.266 bits per heavy atom. The summed E-state index contributed by atoms with van der Waals surface area (Å²) >= 11 is 0. The minimum Gasteiger partial charge on any atom is -0.347 e. The lowest BCUT2D eigenvalue weighted by atomic mass is 9.88. The van der Waals surface area contributed by atoms with E-state index in [0.717, 1.165) is 215 Å². The topological polar surface area (TPSA) is 317 Å². The average Bonchev–Trinajstić information content (AvgIpc) is 0.715. The molecule has 0 aliphatic carbocycles. The SMILES string of the molecule is CC(C)N1CCC(C)(NC(=O)c2ccccn2)CC1.Cc1ccc(C(=O)NC2(C)CCN(C(C)C)CC2)cn1.Cc1cccnc1C(=O)NC1(C)CCN(C(C)C)CC1.Cc1ccnc(C(=O)NC2(C)CCN(C(C)C)CC2)c1.Cc1ccncc1C(=O)NC1(C)CCN(C(C)C)CC1.Cc1cncc(C(=O)NC2(C)CCN(C(C)C)CC2)c1.Cc1ncccc1C(=O)NC1(C)CCN(C(C)C)CC1. The van der Waals surface area contributed by atoms with Gasteiger partial charge in [0.25, 0.3) is 41.4 Å². The molecule has 139 heavy (non-hydrogen) atoms. The molecule has 7 aliphatic heterocycles. The first-order valence-electron chi connectivity index (χ1n) is 51.3. The third-order valence-electron chi connectivity index (χ3n) is 29.4. The number of carbonyl (C=O) groups is 7. The number of rotatable bonds is 21. The van der Waals surface area contributed by atoms with E-state index in [9.17, 15) is 33.6 Å². The lowest BCUT2D eigenvalue weighted by Gasteiger charge is -2.41. The highest BCUT2D eigenvalue weighted by Crippen LogP contribution is 2.32. The average molecular weight is 1910 g/mol. The van der Waals surface area contributed by atoms with Crippen molar-refractivity contribution in [3.05, 3.63) is 208 Å². The van der Waals surface area contributed by atoms with Crippen LogP contribution in [0.3, 0.4) is 0 Å². The summed E-state index contributed by atoms with van der Waals surface area (Å²) in [6.07, 6.45) is 29.0. The highest BCUT2D eigenvalue weighted by Gasteiger charge is 2.40. The Balaban J connectivity index is 0.000000199. The highest BCUT2D eigenvalue weighted by atomic mass is 16.2. The van der Waals surface area contributed by atoms with Crippen molar-refractivity contribution in [1.82, 2.24) is 106 Å². The highest BCUT2D eigenvalue weighted by molar-refractivity contribution is 5.98. The van der Waals surface area contributed by atoms with E-state index in [4.69, 9.17) is 0 Å². The van der Waals surface area contributed by atoms with Gasteiger partial charge in [-0.3, -0.25) is 68.4 Å². The van der Waals surface area contributed by atoms with Gasteiger partial charge in [0, 0.05) is 240 Å². The molecule has 7 saturated heterocycles. The molecule has 0 saturated carbocycles. The Kier molecular flexibility index (Phi) is 43.3. The second-order valence-corrected chi connectivity index (χ2v) is 43.9. The van der Waals surface area contributed by atoms with Crippen molar-refractivity contribution >= 4 is 41.4 Å². The van der Waals surface area contributed by atoms with E-state index in [1.807, 2.05) is 114 Å². The van der Waals surface area contributed by atoms with Crippen LogP contribution in [0.5, 0.6) is 0 Å². The fraction of sp³-hybridized carbons (Fsp3) is 0.622. The number of amides is 7. The summed E-state index contributed by atoms with van der Waals surface area (Å²) in [5.74, 6) is -0.217. The zero-order valence-electron chi connectivity index (χ0n) is 89.7. The monoisotopic (exact) mass is 1910 g/mol. The smallest absolute Gasteiger partial charge is 0.270 e. The van der Waals surface area contributed by atoms with Crippen LogP contribution in [0.1, 0.15) is 342 Å². The fourth-order valence-electron chi connectivity index (χ4n) is 18.6. The maximum atomic E-state index is 12.4. The summed E-state index contributed by atoms with van der Waals surface area (Å²) < 4.78 is 0. The van der Waals surface area contributed by atoms with Crippen molar-refractivity contribution in [3.8, 4) is 0 Å². The van der Waals surface area contributed by atoms with E-state index in [1.165, 1.54) is 0 Å². The number of nitrogens with zero attached hydrogens (tertiary/aromatic N) is 14. The molecule has 0 unspecified atom stereocenters. The molecule has 764 valence electrons. The molecule has 0 radical (unpaired) electrons. The first-order valence-corrected chi connectivity index (χ1v) is 51.3. The van der Waals surface area contributed by atoms with Gasteiger partial charge >= 0.3 is 0 Å². The fourth-order valence-corrected chi connectivity index (χ4v) is 18.6. The number of aromatic nitrogens is 7. The second kappa shape index (κ2) is 52.7. The van der Waals surface area contributed by atoms with Crippen LogP contribution in [0.2, 0.25) is 0 Å². The minimum atomic E-state index is -0.119. The van der Waals surface area contributed by atoms with E-state index >= 15 is 0 Å². The van der Waals surface area contributed by atoms with Gasteiger partial charge in [-0.05, 0) is 366 Å². The molecule has 0 bridgehead atoms. The van der Waals surface area contributed by atoms with E-state index in [-0.39, 0.29) is 80.1 Å². The van der Waals surface area contributed by atoms with Crippen molar-refractivity contribution in [2.24, 2.45) is 0 Å². The number of carbonyl (C=O) groups excluding carboxylic acids is 7. The van der Waals surface area contributed by atoms with Gasteiger partial charge in [-0.25, -0.2) is 0 Å². The van der Waals surface area contributed by atoms with Gasteiger partial charge in [-0.15, -0.1) is 0 Å². The summed E-state index contributed by atoms with van der Waals surface area (Å²) in [7, 11) is 0. The van der Waals surface area contributed by atoms with Crippen LogP contribution in [0.25, 0.3) is 0 Å². The number of aryl methyl sites for hydroxylation is 6. The van der Waals surface area contributed by atoms with Crippen molar-refractivity contribution in [3.63, 3.8) is 0 Å². The summed E-state index contributed by atoms with van der Waals surface area (Å²) in [6, 6.07) is 28.1. The van der Waals surface area contributed by atoms with Crippen LogP contribution in [-0.2, 0) is 0 Å². The molecule has 28 nitrogen and oxygen atoms in total. The lowest BCUT2D eigenvalue weighted by molar-refractivity contribution is 0.0787. The molecular weight excluding hydrogens is 1740 g/mol. The third kappa shape index (κ3) is 36.5. The van der Waals surface area contributed by atoms with Crippen LogP contribution in [0, 0.1) is 41.5 Å². The Morgan fingerprint density at radius 3 is 0.957 bits per heavy atom. The largest absolute Gasteiger partial charge is 0.347 e. The van der Waals surface area contributed by atoms with Crippen molar-refractivity contribution in [1.29, 1.82) is 0 Å². The summed E-state index contributed by atoms with van der Waals surface area (Å²) in [5, 5.41) is 22.3. The molecule has 0 aromatic carbocycles. The quantitative estimate of drug-likeness (QED) is 0.0351. The van der Waals surface area contributed by atoms with Gasteiger partial charge in [0.2, 0.25) is 0 Å². The standard InChI is InChI=1S/6C16H25N3O.C15H23N3O/c1-12(2)19-9-6-16(4,7-10-19)18-15(20)14-11-17-8-5-13(14)3;1-12(2)19-9-6-16(4,7-10-19)18-15(20)14-11-13(3)5-8-17-14;1-12(2)19-7-5-16(4,6-8-19)18-15(20)14-9-13(3)10-17-11-14;1-12(2)19-9-7-16(4,8-10-19)18-15(20)14-6-5-13(3)17-11-14;1-12(2)19-10-7-16(4,8-11-19)18-15(20)14-6-5-9-17-13(14)3;1-12(2)19-10-7-16(4,8-11-19)18-15(20)14-13(3)6-5-9-17-14;1-12(2)18-10-7-15(3,8-11-18)17-14(19)13-6-4-5-9-16-13/h2*5,8,11-12H,6-7,9-10H2,1-4H3,(H,18,20);9-12H,5-8H2,1-4H3,(H,18,20);5-6,11-12H,7-10H2,1-4H3,(H,18,20);2*5-6,9,12H,7-8,10-11H2,1-4H3,(H,18,20);4-6,9,12H,7-8,10-11H2,1-3H3,(H,17,19). The van der Waals surface area contributed by atoms with E-state index in [0.29, 0.717) is 81.6 Å². The molecule has 14 rings (SSSR count). The predicted molar refractivity (Wildman–Crippen MR) is 561 cm³/mol. The van der Waals surface area contributed by atoms with Crippen molar-refractivity contribution in [2.45, 2.75) is 358 Å². The molecule has 7 fully saturated rings. The number of nitrogens with one attached hydrogen (secondary N) is 7. The first-order chi connectivity index (χ1) is 65.4. The molecule has 7 N–H and O–H groups in total. The summed E-state index contributed by atoms with van der Waals surface area (Å²) in [6.45, 7) is 72.2. The number of piperidine rings is 7. The van der Waals surface area contributed by atoms with E-state index in [1.54, 1.807) is 61.8 Å². The van der Waals surface area contributed by atoms with Crippen molar-refractivity contribution < 1.29 is 33.6 Å². The molecule has 0 atom stereocenters.